The van der Waals surface area contributed by atoms with Crippen LogP contribution >= 0.6 is 0 Å². The number of carbonyl (C=O) groups is 1. The third-order valence-corrected chi connectivity index (χ3v) is 5.43. The second-order valence-electron chi connectivity index (χ2n) is 6.86. The predicted octanol–water partition coefficient (Wildman–Crippen LogP) is 2.69. The molecule has 0 radical (unpaired) electrons. The van der Waals surface area contributed by atoms with Crippen LogP contribution in [0.3, 0.4) is 0 Å². The van der Waals surface area contributed by atoms with Gasteiger partial charge in [-0.3, -0.25) is 4.79 Å². The van der Waals surface area contributed by atoms with E-state index < -0.39 is 0 Å². The number of aryl methyl sites for hydroxylation is 1. The lowest BCUT2D eigenvalue weighted by Gasteiger charge is -2.52. The zero-order chi connectivity index (χ0) is 14.4. The Labute approximate surface area is 124 Å². The average molecular weight is 283 g/mol. The van der Waals surface area contributed by atoms with Gasteiger partial charge in [0.15, 0.2) is 0 Å². The van der Waals surface area contributed by atoms with E-state index in [1.54, 1.807) is 0 Å². The molecule has 0 unspecified atom stereocenters. The average Bonchev–Trinajstić information content (AvgIpc) is 2.86. The lowest BCUT2D eigenvalue weighted by molar-refractivity contribution is -0.131. The molecule has 1 amide bonds. The van der Waals surface area contributed by atoms with E-state index in [1.807, 2.05) is 4.90 Å². The number of hydrogen-bond acceptors (Lipinski definition) is 2. The van der Waals surface area contributed by atoms with Crippen LogP contribution < -0.4 is 0 Å². The maximum absolute atomic E-state index is 10.7. The summed E-state index contributed by atoms with van der Waals surface area (Å²) in [7, 11) is 2.05. The maximum Gasteiger partial charge on any atom is 0.209 e. The molecule has 1 aliphatic heterocycles. The van der Waals surface area contributed by atoms with E-state index in [2.05, 4.69) is 36.0 Å². The van der Waals surface area contributed by atoms with Gasteiger partial charge in [0.25, 0.3) is 0 Å². The number of likely N-dealkylation sites (tertiary alicyclic amines) is 1. The molecular weight excluding hydrogens is 262 g/mol. The summed E-state index contributed by atoms with van der Waals surface area (Å²) in [5.74, 6) is 0.584. The van der Waals surface area contributed by atoms with E-state index in [-0.39, 0.29) is 0 Å². The molecule has 0 N–H and O–H groups in total. The number of hydrogen-bond donors (Lipinski definition) is 0. The Morgan fingerprint density at radius 1 is 1.24 bits per heavy atom. The van der Waals surface area contributed by atoms with Gasteiger partial charge in [0, 0.05) is 48.7 Å². The van der Waals surface area contributed by atoms with Crippen molar-refractivity contribution in [3.8, 4) is 0 Å². The molecule has 1 saturated heterocycles. The first-order valence-electron chi connectivity index (χ1n) is 7.80. The molecular formula is C17H21N3O. The second kappa shape index (κ2) is 4.58. The SMILES string of the molecule is Cn1ccc2ccc(C3CCC4(CC3)CN(C=O)C4)nc21. The minimum absolute atomic E-state index is 0.423. The van der Waals surface area contributed by atoms with Crippen LogP contribution in [0.4, 0.5) is 0 Å². The van der Waals surface area contributed by atoms with Gasteiger partial charge < -0.3 is 9.47 Å². The summed E-state index contributed by atoms with van der Waals surface area (Å²) in [4.78, 5) is 17.5. The van der Waals surface area contributed by atoms with Gasteiger partial charge >= 0.3 is 0 Å². The van der Waals surface area contributed by atoms with Crippen LogP contribution in [-0.2, 0) is 11.8 Å². The van der Waals surface area contributed by atoms with Crippen LogP contribution in [-0.4, -0.2) is 34.0 Å². The Bertz CT molecular complexity index is 674. The number of carbonyl (C=O) groups excluding carboxylic acids is 1. The monoisotopic (exact) mass is 283 g/mol. The topological polar surface area (TPSA) is 38.1 Å². The largest absolute Gasteiger partial charge is 0.344 e. The minimum atomic E-state index is 0.423. The van der Waals surface area contributed by atoms with Gasteiger partial charge in [-0.25, -0.2) is 4.98 Å². The van der Waals surface area contributed by atoms with Gasteiger partial charge in [0.2, 0.25) is 6.41 Å². The molecule has 2 aromatic rings. The van der Waals surface area contributed by atoms with Gasteiger partial charge in [0.1, 0.15) is 5.65 Å². The van der Waals surface area contributed by atoms with Crippen molar-refractivity contribution in [2.45, 2.75) is 31.6 Å². The third kappa shape index (κ3) is 2.04. The van der Waals surface area contributed by atoms with E-state index in [9.17, 15) is 4.79 Å². The van der Waals surface area contributed by atoms with Crippen LogP contribution in [0.15, 0.2) is 24.4 Å². The molecule has 4 nitrogen and oxygen atoms in total. The van der Waals surface area contributed by atoms with Crippen molar-refractivity contribution in [3.05, 3.63) is 30.1 Å². The molecule has 2 aromatic heterocycles. The van der Waals surface area contributed by atoms with Crippen molar-refractivity contribution in [1.29, 1.82) is 0 Å². The normalized spacial score (nSPS) is 21.7. The van der Waals surface area contributed by atoms with Crippen molar-refractivity contribution in [1.82, 2.24) is 14.5 Å². The summed E-state index contributed by atoms with van der Waals surface area (Å²) in [6.45, 7) is 1.93. The second-order valence-corrected chi connectivity index (χ2v) is 6.86. The van der Waals surface area contributed by atoms with E-state index in [0.29, 0.717) is 11.3 Å². The molecule has 0 aromatic carbocycles. The summed E-state index contributed by atoms with van der Waals surface area (Å²) in [6, 6.07) is 6.51. The number of fused-ring (bicyclic) bond motifs is 1. The Morgan fingerprint density at radius 2 is 2.00 bits per heavy atom. The van der Waals surface area contributed by atoms with Gasteiger partial charge in [-0.1, -0.05) is 0 Å². The fraction of sp³-hybridized carbons (Fsp3) is 0.529. The first-order valence-corrected chi connectivity index (χ1v) is 7.80. The van der Waals surface area contributed by atoms with E-state index >= 15 is 0 Å². The van der Waals surface area contributed by atoms with Crippen LogP contribution in [0, 0.1) is 5.41 Å². The molecule has 2 aliphatic rings. The number of aromatic nitrogens is 2. The van der Waals surface area contributed by atoms with Crippen LogP contribution in [0.25, 0.3) is 11.0 Å². The Hall–Kier alpha value is -1.84. The summed E-state index contributed by atoms with van der Waals surface area (Å²) < 4.78 is 2.09. The quantitative estimate of drug-likeness (QED) is 0.795. The smallest absolute Gasteiger partial charge is 0.209 e. The molecule has 3 heterocycles. The van der Waals surface area contributed by atoms with Crippen molar-refractivity contribution in [2.75, 3.05) is 13.1 Å². The molecule has 4 rings (SSSR count). The van der Waals surface area contributed by atoms with Crippen molar-refractivity contribution in [3.63, 3.8) is 0 Å². The number of rotatable bonds is 2. The summed E-state index contributed by atoms with van der Waals surface area (Å²) in [5.41, 5.74) is 2.75. The molecule has 0 bridgehead atoms. The maximum atomic E-state index is 10.7. The zero-order valence-corrected chi connectivity index (χ0v) is 12.5. The predicted molar refractivity (Wildman–Crippen MR) is 82.0 cm³/mol. The highest BCUT2D eigenvalue weighted by Crippen LogP contribution is 2.47. The summed E-state index contributed by atoms with van der Waals surface area (Å²) in [5, 5.41) is 1.22. The van der Waals surface area contributed by atoms with Gasteiger partial charge in [0.05, 0.1) is 0 Å². The highest BCUT2D eigenvalue weighted by atomic mass is 16.1. The van der Waals surface area contributed by atoms with E-state index in [1.165, 1.54) is 36.8 Å². The molecule has 110 valence electrons. The molecule has 0 atom stereocenters. The molecule has 2 fully saturated rings. The highest BCUT2D eigenvalue weighted by molar-refractivity contribution is 5.76. The molecule has 1 aliphatic carbocycles. The number of nitrogens with zero attached hydrogens (tertiary/aromatic N) is 3. The number of pyridine rings is 1. The Kier molecular flexibility index (Phi) is 2.81. The van der Waals surface area contributed by atoms with Gasteiger partial charge in [-0.05, 0) is 43.9 Å². The summed E-state index contributed by atoms with van der Waals surface area (Å²) in [6.07, 6.45) is 7.93. The van der Waals surface area contributed by atoms with Crippen LogP contribution in [0.2, 0.25) is 0 Å². The molecule has 1 spiro atoms. The lowest BCUT2D eigenvalue weighted by atomic mass is 9.65. The van der Waals surface area contributed by atoms with Crippen LogP contribution in [0.1, 0.15) is 37.3 Å². The van der Waals surface area contributed by atoms with E-state index in [4.69, 9.17) is 4.98 Å². The first kappa shape index (κ1) is 12.9. The van der Waals surface area contributed by atoms with Gasteiger partial charge in [-0.15, -0.1) is 0 Å². The zero-order valence-electron chi connectivity index (χ0n) is 12.5. The van der Waals surface area contributed by atoms with Crippen LogP contribution in [0.5, 0.6) is 0 Å². The molecule has 21 heavy (non-hydrogen) atoms. The molecule has 1 saturated carbocycles. The minimum Gasteiger partial charge on any atom is -0.344 e. The Balaban J connectivity index is 1.50. The standard InChI is InChI=1S/C17H21N3O/c1-19-9-6-14-2-3-15(18-16(14)19)13-4-7-17(8-5-13)10-20(11-17)12-21/h2-3,6,9,12-13H,4-5,7-8,10-11H2,1H3. The molecule has 4 heteroatoms. The highest BCUT2D eigenvalue weighted by Gasteiger charge is 2.44. The Morgan fingerprint density at radius 3 is 2.71 bits per heavy atom. The first-order chi connectivity index (χ1) is 10.2. The van der Waals surface area contributed by atoms with E-state index in [0.717, 1.165) is 25.1 Å². The van der Waals surface area contributed by atoms with Crippen molar-refractivity contribution >= 4 is 17.4 Å². The third-order valence-electron chi connectivity index (χ3n) is 5.43. The summed E-state index contributed by atoms with van der Waals surface area (Å²) >= 11 is 0. The fourth-order valence-corrected chi connectivity index (χ4v) is 4.11. The van der Waals surface area contributed by atoms with Crippen molar-refractivity contribution < 1.29 is 4.79 Å². The lowest BCUT2D eigenvalue weighted by Crippen LogP contribution is -2.56. The number of amides is 1. The van der Waals surface area contributed by atoms with Gasteiger partial charge in [-0.2, -0.15) is 0 Å². The fourth-order valence-electron chi connectivity index (χ4n) is 4.11. The van der Waals surface area contributed by atoms with Crippen molar-refractivity contribution in [2.24, 2.45) is 12.5 Å².